The van der Waals surface area contributed by atoms with E-state index in [4.69, 9.17) is 9.97 Å². The Hall–Kier alpha value is -6.62. The fourth-order valence-corrected chi connectivity index (χ4v) is 10.5. The minimum absolute atomic E-state index is 0.140. The van der Waals surface area contributed by atoms with Crippen molar-refractivity contribution in [3.63, 3.8) is 0 Å². The number of aromatic nitrogens is 3. The zero-order valence-electron chi connectivity index (χ0n) is 30.3. The molecule has 0 N–H and O–H groups in total. The molecule has 55 heavy (non-hydrogen) atoms. The molecule has 0 saturated carbocycles. The molecular weight excluding hydrogens is 687 g/mol. The second-order valence-corrected chi connectivity index (χ2v) is 16.4. The average Bonchev–Trinajstić information content (AvgIpc) is 3.84. The Balaban J connectivity index is 1.06. The van der Waals surface area contributed by atoms with Gasteiger partial charge in [-0.2, -0.15) is 0 Å². The highest BCUT2D eigenvalue weighted by Crippen LogP contribution is 2.52. The van der Waals surface area contributed by atoms with Gasteiger partial charge in [-0.25, -0.2) is 9.97 Å². The Morgan fingerprint density at radius 3 is 2.07 bits per heavy atom. The summed E-state index contributed by atoms with van der Waals surface area (Å²) in [6, 6.07) is 59.7. The van der Waals surface area contributed by atoms with Gasteiger partial charge in [0.1, 0.15) is 0 Å². The molecule has 12 rings (SSSR count). The molecule has 0 amide bonds. The largest absolute Gasteiger partial charge is 0.309 e. The van der Waals surface area contributed by atoms with Gasteiger partial charge < -0.3 is 4.57 Å². The summed E-state index contributed by atoms with van der Waals surface area (Å²) in [5.74, 6) is 0.721. The van der Waals surface area contributed by atoms with E-state index >= 15 is 0 Å². The van der Waals surface area contributed by atoms with Gasteiger partial charge in [0.05, 0.1) is 22.2 Å². The van der Waals surface area contributed by atoms with Gasteiger partial charge in [0.2, 0.25) is 0 Å². The molecule has 0 bridgehead atoms. The Morgan fingerprint density at radius 2 is 1.18 bits per heavy atom. The molecule has 4 heteroatoms. The summed E-state index contributed by atoms with van der Waals surface area (Å²) in [5.41, 5.74) is 12.8. The summed E-state index contributed by atoms with van der Waals surface area (Å²) in [7, 11) is 0. The minimum atomic E-state index is -0.140. The third kappa shape index (κ3) is 4.37. The highest BCUT2D eigenvalue weighted by atomic mass is 32.1. The first-order chi connectivity index (χ1) is 27.0. The first-order valence-electron chi connectivity index (χ1n) is 18.9. The van der Waals surface area contributed by atoms with Gasteiger partial charge in [-0.05, 0) is 87.6 Å². The van der Waals surface area contributed by atoms with Crippen LogP contribution in [0.1, 0.15) is 25.0 Å². The molecule has 1 aliphatic carbocycles. The quantitative estimate of drug-likeness (QED) is 0.182. The van der Waals surface area contributed by atoms with E-state index in [2.05, 4.69) is 182 Å². The molecule has 258 valence electrons. The van der Waals surface area contributed by atoms with E-state index in [9.17, 15) is 0 Å². The van der Waals surface area contributed by atoms with E-state index < -0.39 is 0 Å². The molecule has 11 aromatic rings. The molecule has 0 unspecified atom stereocenters. The van der Waals surface area contributed by atoms with E-state index in [-0.39, 0.29) is 5.41 Å². The number of fused-ring (bicyclic) bond motifs is 11. The van der Waals surface area contributed by atoms with Crippen molar-refractivity contribution in [3.05, 3.63) is 175 Å². The number of rotatable bonds is 3. The van der Waals surface area contributed by atoms with Crippen molar-refractivity contribution in [1.29, 1.82) is 0 Å². The first kappa shape index (κ1) is 30.8. The van der Waals surface area contributed by atoms with Gasteiger partial charge in [0, 0.05) is 58.6 Å². The Labute approximate surface area is 321 Å². The lowest BCUT2D eigenvalue weighted by Gasteiger charge is -2.22. The predicted molar refractivity (Wildman–Crippen MR) is 233 cm³/mol. The van der Waals surface area contributed by atoms with Gasteiger partial charge in [0.25, 0.3) is 0 Å². The third-order valence-electron chi connectivity index (χ3n) is 12.0. The van der Waals surface area contributed by atoms with Gasteiger partial charge in [-0.15, -0.1) is 11.3 Å². The summed E-state index contributed by atoms with van der Waals surface area (Å²) >= 11 is 1.84. The fraction of sp³-hybridized carbons (Fsp3) is 0.0588. The number of thiophene rings is 1. The molecule has 0 fully saturated rings. The number of para-hydroxylation sites is 2. The topological polar surface area (TPSA) is 30.7 Å². The summed E-state index contributed by atoms with van der Waals surface area (Å²) in [6.07, 6.45) is 0. The van der Waals surface area contributed by atoms with Crippen molar-refractivity contribution in [2.45, 2.75) is 19.3 Å². The van der Waals surface area contributed by atoms with E-state index in [1.807, 2.05) is 11.3 Å². The number of hydrogen-bond donors (Lipinski definition) is 0. The highest BCUT2D eigenvalue weighted by Gasteiger charge is 2.36. The lowest BCUT2D eigenvalue weighted by Crippen LogP contribution is -2.15. The zero-order chi connectivity index (χ0) is 36.4. The second-order valence-electron chi connectivity index (χ2n) is 15.4. The van der Waals surface area contributed by atoms with Crippen LogP contribution < -0.4 is 0 Å². The smallest absolute Gasteiger partial charge is 0.160 e. The van der Waals surface area contributed by atoms with Gasteiger partial charge >= 0.3 is 0 Å². The van der Waals surface area contributed by atoms with Crippen molar-refractivity contribution in [3.8, 4) is 39.5 Å². The second kappa shape index (κ2) is 11.2. The normalized spacial score (nSPS) is 13.4. The van der Waals surface area contributed by atoms with Crippen LogP contribution in [0, 0.1) is 0 Å². The molecule has 8 aromatic carbocycles. The van der Waals surface area contributed by atoms with Crippen molar-refractivity contribution in [2.24, 2.45) is 0 Å². The maximum atomic E-state index is 5.41. The summed E-state index contributed by atoms with van der Waals surface area (Å²) in [5, 5.41) is 8.69. The maximum Gasteiger partial charge on any atom is 0.160 e. The van der Waals surface area contributed by atoms with Crippen LogP contribution in [0.5, 0.6) is 0 Å². The van der Waals surface area contributed by atoms with Crippen molar-refractivity contribution < 1.29 is 0 Å². The van der Waals surface area contributed by atoms with Crippen LogP contribution >= 0.6 is 11.3 Å². The molecule has 3 nitrogen and oxygen atoms in total. The van der Waals surface area contributed by atoms with Crippen molar-refractivity contribution in [2.75, 3.05) is 0 Å². The van der Waals surface area contributed by atoms with Crippen LogP contribution in [0.3, 0.4) is 0 Å². The minimum Gasteiger partial charge on any atom is -0.309 e. The Bertz CT molecular complexity index is 3420. The van der Waals surface area contributed by atoms with Crippen LogP contribution in [0.15, 0.2) is 164 Å². The Kier molecular flexibility index (Phi) is 6.27. The summed E-state index contributed by atoms with van der Waals surface area (Å²) in [4.78, 5) is 10.6. The zero-order valence-corrected chi connectivity index (χ0v) is 31.2. The predicted octanol–water partition coefficient (Wildman–Crippen LogP) is 13.9. The molecule has 3 heterocycles. The van der Waals surface area contributed by atoms with E-state index in [1.54, 1.807) is 0 Å². The molecule has 0 saturated heterocycles. The van der Waals surface area contributed by atoms with Gasteiger partial charge in [-0.3, -0.25) is 0 Å². The molecule has 0 atom stereocenters. The van der Waals surface area contributed by atoms with Gasteiger partial charge in [0.15, 0.2) is 5.82 Å². The van der Waals surface area contributed by atoms with Crippen LogP contribution in [0.4, 0.5) is 0 Å². The highest BCUT2D eigenvalue weighted by molar-refractivity contribution is 7.26. The molecule has 3 aromatic heterocycles. The molecule has 0 spiro atoms. The number of benzene rings is 8. The van der Waals surface area contributed by atoms with Crippen LogP contribution in [-0.2, 0) is 5.41 Å². The van der Waals surface area contributed by atoms with Crippen LogP contribution in [0.25, 0.3) is 103 Å². The fourth-order valence-electron chi connectivity index (χ4n) is 9.29. The molecule has 0 aliphatic heterocycles. The lowest BCUT2D eigenvalue weighted by molar-refractivity contribution is 0.662. The molecule has 1 aliphatic rings. The van der Waals surface area contributed by atoms with Crippen molar-refractivity contribution in [1.82, 2.24) is 14.5 Å². The van der Waals surface area contributed by atoms with Gasteiger partial charge in [-0.1, -0.05) is 123 Å². The SMILES string of the molecule is CC1(C)c2cc3ccccc3cc2-c2cc3c4ccccc4n(-c4cccc(-c5nc(-c6cccc7c6sc6ccccc67)c6ccccc6n5)c4)c3cc21. The monoisotopic (exact) mass is 719 g/mol. The third-order valence-corrected chi connectivity index (χ3v) is 13.2. The first-order valence-corrected chi connectivity index (χ1v) is 19.7. The summed E-state index contributed by atoms with van der Waals surface area (Å²) in [6.45, 7) is 4.75. The van der Waals surface area contributed by atoms with E-state index in [0.717, 1.165) is 39.2 Å². The standard InChI is InChI=1S/C51H33N3S/c1-51(2)42-27-31-14-4-3-13-30(31)26-39(42)40-28-41-34-17-6-9-23-45(34)54(46(41)29-43(40)51)33-16-11-15-32(25-33)50-52-44-22-8-5-19-37(44)48(53-50)38-21-12-20-36-35-18-7-10-24-47(35)55-49(36)38/h3-29H,1-2H3. The molecule has 0 radical (unpaired) electrons. The van der Waals surface area contributed by atoms with Crippen molar-refractivity contribution >= 4 is 75.0 Å². The summed E-state index contributed by atoms with van der Waals surface area (Å²) < 4.78 is 4.97. The average molecular weight is 720 g/mol. The number of nitrogens with zero attached hydrogens (tertiary/aromatic N) is 3. The lowest BCUT2D eigenvalue weighted by atomic mass is 9.81. The Morgan fingerprint density at radius 1 is 0.491 bits per heavy atom. The van der Waals surface area contributed by atoms with E-state index in [0.29, 0.717) is 0 Å². The van der Waals surface area contributed by atoms with E-state index in [1.165, 1.54) is 75.0 Å². The van der Waals surface area contributed by atoms with Crippen LogP contribution in [0.2, 0.25) is 0 Å². The number of hydrogen-bond acceptors (Lipinski definition) is 3. The van der Waals surface area contributed by atoms with Crippen LogP contribution in [-0.4, -0.2) is 14.5 Å². The molecular formula is C51H33N3S. The maximum absolute atomic E-state index is 5.41.